The van der Waals surface area contributed by atoms with E-state index in [-0.39, 0.29) is 5.91 Å². The average molecular weight is 306 g/mol. The lowest BCUT2D eigenvalue weighted by atomic mass is 9.98. The maximum Gasteiger partial charge on any atom is 0.276 e. The molecule has 0 spiro atoms. The third-order valence-electron chi connectivity index (χ3n) is 4.90. The molecule has 1 unspecified atom stereocenters. The van der Waals surface area contributed by atoms with E-state index in [1.807, 2.05) is 4.90 Å². The SMILES string of the molecule is CN1CCN(CCC2CCCCN2C(=O)c2cn[nH]n2)CC1. The van der Waals surface area contributed by atoms with Crippen LogP contribution in [0.5, 0.6) is 0 Å². The Kier molecular flexibility index (Phi) is 5.04. The molecule has 22 heavy (non-hydrogen) atoms. The summed E-state index contributed by atoms with van der Waals surface area (Å²) in [6.07, 6.45) is 6.00. The number of piperidine rings is 1. The number of likely N-dealkylation sites (N-methyl/N-ethyl adjacent to an activating group) is 1. The van der Waals surface area contributed by atoms with Crippen molar-refractivity contribution in [2.45, 2.75) is 31.7 Å². The molecule has 122 valence electrons. The van der Waals surface area contributed by atoms with E-state index in [0.29, 0.717) is 11.7 Å². The van der Waals surface area contributed by atoms with E-state index < -0.39 is 0 Å². The quantitative estimate of drug-likeness (QED) is 0.874. The van der Waals surface area contributed by atoms with Crippen LogP contribution < -0.4 is 0 Å². The summed E-state index contributed by atoms with van der Waals surface area (Å²) in [6.45, 7) is 6.50. The summed E-state index contributed by atoms with van der Waals surface area (Å²) in [6, 6.07) is 0.345. The molecule has 1 N–H and O–H groups in total. The molecule has 2 saturated heterocycles. The smallest absolute Gasteiger partial charge is 0.276 e. The summed E-state index contributed by atoms with van der Waals surface area (Å²) < 4.78 is 0. The van der Waals surface area contributed by atoms with Crippen molar-refractivity contribution in [2.75, 3.05) is 46.3 Å². The van der Waals surface area contributed by atoms with Crippen LogP contribution in [0, 0.1) is 0 Å². The van der Waals surface area contributed by atoms with Gasteiger partial charge in [-0.2, -0.15) is 15.4 Å². The van der Waals surface area contributed by atoms with Gasteiger partial charge in [-0.25, -0.2) is 0 Å². The molecule has 2 aliphatic heterocycles. The van der Waals surface area contributed by atoms with Gasteiger partial charge in [-0.15, -0.1) is 0 Å². The van der Waals surface area contributed by atoms with Crippen molar-refractivity contribution in [1.29, 1.82) is 0 Å². The van der Waals surface area contributed by atoms with Crippen molar-refractivity contribution in [3.63, 3.8) is 0 Å². The molecule has 1 aromatic heterocycles. The van der Waals surface area contributed by atoms with Crippen LogP contribution in [0.4, 0.5) is 0 Å². The van der Waals surface area contributed by atoms with Gasteiger partial charge in [0.15, 0.2) is 5.69 Å². The van der Waals surface area contributed by atoms with Crippen LogP contribution in [0.3, 0.4) is 0 Å². The molecule has 3 heterocycles. The van der Waals surface area contributed by atoms with Gasteiger partial charge in [-0.05, 0) is 32.7 Å². The molecule has 2 aliphatic rings. The van der Waals surface area contributed by atoms with E-state index in [4.69, 9.17) is 0 Å². The first-order valence-electron chi connectivity index (χ1n) is 8.31. The highest BCUT2D eigenvalue weighted by atomic mass is 16.2. The van der Waals surface area contributed by atoms with Crippen LogP contribution in [-0.4, -0.2) is 88.4 Å². The van der Waals surface area contributed by atoms with Gasteiger partial charge in [-0.3, -0.25) is 4.79 Å². The van der Waals surface area contributed by atoms with E-state index in [1.54, 1.807) is 0 Å². The molecule has 0 saturated carbocycles. The molecule has 0 bridgehead atoms. The monoisotopic (exact) mass is 306 g/mol. The third-order valence-corrected chi connectivity index (χ3v) is 4.90. The van der Waals surface area contributed by atoms with E-state index in [1.165, 1.54) is 12.6 Å². The number of piperazine rings is 1. The molecule has 0 aliphatic carbocycles. The zero-order chi connectivity index (χ0) is 15.4. The van der Waals surface area contributed by atoms with Crippen molar-refractivity contribution >= 4 is 5.91 Å². The van der Waals surface area contributed by atoms with Crippen molar-refractivity contribution in [2.24, 2.45) is 0 Å². The van der Waals surface area contributed by atoms with E-state index in [0.717, 1.165) is 58.5 Å². The number of likely N-dealkylation sites (tertiary alicyclic amines) is 1. The topological polar surface area (TPSA) is 68.4 Å². The Labute approximate surface area is 131 Å². The van der Waals surface area contributed by atoms with Gasteiger partial charge in [0.2, 0.25) is 0 Å². The van der Waals surface area contributed by atoms with Crippen molar-refractivity contribution in [1.82, 2.24) is 30.1 Å². The van der Waals surface area contributed by atoms with E-state index in [9.17, 15) is 4.79 Å². The lowest BCUT2D eigenvalue weighted by molar-refractivity contribution is 0.0564. The molecule has 7 nitrogen and oxygen atoms in total. The predicted octanol–water partition coefficient (Wildman–Crippen LogP) is 0.437. The summed E-state index contributed by atoms with van der Waals surface area (Å²) >= 11 is 0. The van der Waals surface area contributed by atoms with Crippen LogP contribution in [-0.2, 0) is 0 Å². The zero-order valence-electron chi connectivity index (χ0n) is 13.4. The fourth-order valence-electron chi connectivity index (χ4n) is 3.42. The first-order valence-corrected chi connectivity index (χ1v) is 8.31. The fraction of sp³-hybridized carbons (Fsp3) is 0.800. The molecular formula is C15H26N6O. The minimum absolute atomic E-state index is 0.0248. The second kappa shape index (κ2) is 7.19. The normalized spacial score (nSPS) is 24.6. The van der Waals surface area contributed by atoms with Gasteiger partial charge in [-0.1, -0.05) is 0 Å². The molecule has 1 aromatic rings. The summed E-state index contributed by atoms with van der Waals surface area (Å²) in [5, 5.41) is 10.2. The second-order valence-electron chi connectivity index (χ2n) is 6.44. The Morgan fingerprint density at radius 2 is 2.09 bits per heavy atom. The van der Waals surface area contributed by atoms with Gasteiger partial charge >= 0.3 is 0 Å². The standard InChI is InChI=1S/C15H26N6O/c1-19-8-10-20(11-9-19)7-5-13-4-2-3-6-21(13)15(22)14-12-16-18-17-14/h12-13H,2-11H2,1H3,(H,16,17,18). The molecule has 7 heteroatoms. The summed E-state index contributed by atoms with van der Waals surface area (Å²) in [5.41, 5.74) is 0.437. The van der Waals surface area contributed by atoms with E-state index >= 15 is 0 Å². The van der Waals surface area contributed by atoms with Gasteiger partial charge < -0.3 is 14.7 Å². The number of hydrogen-bond donors (Lipinski definition) is 1. The molecule has 3 rings (SSSR count). The van der Waals surface area contributed by atoms with Crippen molar-refractivity contribution in [3.8, 4) is 0 Å². The minimum atomic E-state index is 0.0248. The molecule has 1 amide bonds. The Balaban J connectivity index is 1.55. The number of hydrogen-bond acceptors (Lipinski definition) is 5. The van der Waals surface area contributed by atoms with Gasteiger partial charge in [0.05, 0.1) is 6.20 Å². The Morgan fingerprint density at radius 1 is 1.27 bits per heavy atom. The largest absolute Gasteiger partial charge is 0.334 e. The Morgan fingerprint density at radius 3 is 2.82 bits per heavy atom. The van der Waals surface area contributed by atoms with Crippen molar-refractivity contribution < 1.29 is 4.79 Å². The third kappa shape index (κ3) is 3.64. The van der Waals surface area contributed by atoms with Gasteiger partial charge in [0, 0.05) is 45.3 Å². The average Bonchev–Trinajstić information content (AvgIpc) is 3.08. The molecular weight excluding hydrogens is 280 g/mol. The van der Waals surface area contributed by atoms with E-state index in [2.05, 4.69) is 32.3 Å². The number of rotatable bonds is 4. The summed E-state index contributed by atoms with van der Waals surface area (Å²) in [4.78, 5) is 19.5. The van der Waals surface area contributed by atoms with Gasteiger partial charge in [0.1, 0.15) is 0 Å². The minimum Gasteiger partial charge on any atom is -0.334 e. The Hall–Kier alpha value is -1.47. The number of aromatic amines is 1. The maximum atomic E-state index is 12.5. The molecule has 0 aromatic carbocycles. The highest BCUT2D eigenvalue weighted by molar-refractivity contribution is 5.92. The van der Waals surface area contributed by atoms with Crippen molar-refractivity contribution in [3.05, 3.63) is 11.9 Å². The highest BCUT2D eigenvalue weighted by Gasteiger charge is 2.29. The Bertz CT molecular complexity index is 468. The van der Waals surface area contributed by atoms with Crippen LogP contribution in [0.25, 0.3) is 0 Å². The number of aromatic nitrogens is 3. The molecule has 1 atom stereocenters. The van der Waals surface area contributed by atoms with Crippen LogP contribution in [0.15, 0.2) is 6.20 Å². The summed E-state index contributed by atoms with van der Waals surface area (Å²) in [5.74, 6) is 0.0248. The lowest BCUT2D eigenvalue weighted by Crippen LogP contribution is -2.48. The number of amides is 1. The van der Waals surface area contributed by atoms with Gasteiger partial charge in [0.25, 0.3) is 5.91 Å². The fourth-order valence-corrected chi connectivity index (χ4v) is 3.42. The summed E-state index contributed by atoms with van der Waals surface area (Å²) in [7, 11) is 2.18. The molecule has 2 fully saturated rings. The number of carbonyl (C=O) groups excluding carboxylic acids is 1. The van der Waals surface area contributed by atoms with Crippen LogP contribution in [0.1, 0.15) is 36.2 Å². The number of nitrogens with zero attached hydrogens (tertiary/aromatic N) is 5. The number of H-pyrrole nitrogens is 1. The lowest BCUT2D eigenvalue weighted by Gasteiger charge is -2.38. The first kappa shape index (κ1) is 15.4. The predicted molar refractivity (Wildman–Crippen MR) is 83.6 cm³/mol. The first-order chi connectivity index (χ1) is 10.7. The maximum absolute atomic E-state index is 12.5. The van der Waals surface area contributed by atoms with Crippen LogP contribution >= 0.6 is 0 Å². The molecule has 0 radical (unpaired) electrons. The number of carbonyl (C=O) groups is 1. The second-order valence-corrected chi connectivity index (χ2v) is 6.44. The zero-order valence-corrected chi connectivity index (χ0v) is 13.4. The van der Waals surface area contributed by atoms with Crippen LogP contribution in [0.2, 0.25) is 0 Å². The highest BCUT2D eigenvalue weighted by Crippen LogP contribution is 2.22. The number of nitrogens with one attached hydrogen (secondary N) is 1.